The van der Waals surface area contributed by atoms with E-state index in [4.69, 9.17) is 5.11 Å². The summed E-state index contributed by atoms with van der Waals surface area (Å²) in [7, 11) is 0. The molecule has 17 heavy (non-hydrogen) atoms. The van der Waals surface area contributed by atoms with Gasteiger partial charge in [0.05, 0.1) is 0 Å². The second-order valence-corrected chi connectivity index (χ2v) is 4.02. The third kappa shape index (κ3) is 1.76. The summed E-state index contributed by atoms with van der Waals surface area (Å²) >= 11 is 2.91. The van der Waals surface area contributed by atoms with Gasteiger partial charge in [-0.1, -0.05) is 0 Å². The van der Waals surface area contributed by atoms with Crippen molar-refractivity contribution in [1.82, 2.24) is 4.98 Å². The molecule has 0 unspecified atom stereocenters. The first-order valence-corrected chi connectivity index (χ1v) is 5.07. The zero-order valence-electron chi connectivity index (χ0n) is 7.97. The average Bonchev–Trinajstić information content (AvgIpc) is 2.25. The Morgan fingerprint density at radius 2 is 1.94 bits per heavy atom. The van der Waals surface area contributed by atoms with Crippen molar-refractivity contribution in [1.29, 1.82) is 0 Å². The summed E-state index contributed by atoms with van der Waals surface area (Å²) in [5.74, 6) is -6.01. The Morgan fingerprint density at radius 1 is 1.29 bits per heavy atom. The van der Waals surface area contributed by atoms with Crippen molar-refractivity contribution in [2.75, 3.05) is 0 Å². The monoisotopic (exact) mass is 305 g/mol. The van der Waals surface area contributed by atoms with Crippen LogP contribution in [0.3, 0.4) is 0 Å². The van der Waals surface area contributed by atoms with Crippen LogP contribution in [0.4, 0.5) is 13.2 Å². The van der Waals surface area contributed by atoms with E-state index in [-0.39, 0.29) is 15.2 Å². The SMILES string of the molecule is O=C(O)c1ncc(Br)c2c(F)c(F)c(F)cc12. The van der Waals surface area contributed by atoms with Gasteiger partial charge in [0.1, 0.15) is 0 Å². The van der Waals surface area contributed by atoms with E-state index in [1.54, 1.807) is 0 Å². The number of halogens is 4. The van der Waals surface area contributed by atoms with Gasteiger partial charge in [0.2, 0.25) is 0 Å². The van der Waals surface area contributed by atoms with E-state index < -0.39 is 29.1 Å². The number of pyridine rings is 1. The quantitative estimate of drug-likeness (QED) is 0.824. The van der Waals surface area contributed by atoms with Crippen molar-refractivity contribution in [3.63, 3.8) is 0 Å². The minimum atomic E-state index is -1.65. The van der Waals surface area contributed by atoms with Crippen molar-refractivity contribution in [2.45, 2.75) is 0 Å². The zero-order chi connectivity index (χ0) is 12.7. The van der Waals surface area contributed by atoms with Gasteiger partial charge in [0.25, 0.3) is 0 Å². The lowest BCUT2D eigenvalue weighted by atomic mass is 10.1. The summed E-state index contributed by atoms with van der Waals surface area (Å²) < 4.78 is 39.6. The number of carboxylic acid groups (broad SMARTS) is 1. The predicted octanol–water partition coefficient (Wildman–Crippen LogP) is 3.11. The molecule has 1 aromatic heterocycles. The summed E-state index contributed by atoms with van der Waals surface area (Å²) in [6.45, 7) is 0. The Bertz CT molecular complexity index is 645. The fraction of sp³-hybridized carbons (Fsp3) is 0. The molecule has 88 valence electrons. The van der Waals surface area contributed by atoms with E-state index in [1.165, 1.54) is 0 Å². The van der Waals surface area contributed by atoms with Gasteiger partial charge >= 0.3 is 5.97 Å². The van der Waals surface area contributed by atoms with Crippen LogP contribution in [0.5, 0.6) is 0 Å². The highest BCUT2D eigenvalue weighted by Gasteiger charge is 2.20. The molecule has 1 N–H and O–H groups in total. The highest BCUT2D eigenvalue weighted by Crippen LogP contribution is 2.30. The second kappa shape index (κ2) is 3.99. The molecule has 2 rings (SSSR count). The summed E-state index contributed by atoms with van der Waals surface area (Å²) in [6, 6.07) is 0.606. The van der Waals surface area contributed by atoms with Crippen LogP contribution < -0.4 is 0 Å². The molecule has 7 heteroatoms. The van der Waals surface area contributed by atoms with Gasteiger partial charge in [-0.05, 0) is 22.0 Å². The first-order chi connectivity index (χ1) is 7.93. The Labute approximate surface area is 101 Å². The van der Waals surface area contributed by atoms with Crippen LogP contribution in [0.25, 0.3) is 10.8 Å². The van der Waals surface area contributed by atoms with Crippen LogP contribution in [-0.4, -0.2) is 16.1 Å². The number of rotatable bonds is 1. The third-order valence-electron chi connectivity index (χ3n) is 2.17. The number of aromatic carboxylic acids is 1. The average molecular weight is 306 g/mol. The van der Waals surface area contributed by atoms with Gasteiger partial charge in [-0.2, -0.15) is 0 Å². The lowest BCUT2D eigenvalue weighted by molar-refractivity contribution is 0.0693. The smallest absolute Gasteiger partial charge is 0.355 e. The summed E-state index contributed by atoms with van der Waals surface area (Å²) in [5, 5.41) is 8.16. The summed E-state index contributed by atoms with van der Waals surface area (Å²) in [5.41, 5.74) is -0.541. The van der Waals surface area contributed by atoms with Crippen LogP contribution in [0.1, 0.15) is 10.5 Å². The topological polar surface area (TPSA) is 50.2 Å². The normalized spacial score (nSPS) is 10.8. The van der Waals surface area contributed by atoms with E-state index in [0.29, 0.717) is 6.07 Å². The van der Waals surface area contributed by atoms with Crippen LogP contribution in [-0.2, 0) is 0 Å². The number of nitrogens with zero attached hydrogens (tertiary/aromatic N) is 1. The number of fused-ring (bicyclic) bond motifs is 1. The second-order valence-electron chi connectivity index (χ2n) is 3.17. The largest absolute Gasteiger partial charge is 0.476 e. The van der Waals surface area contributed by atoms with Gasteiger partial charge in [-0.15, -0.1) is 0 Å². The molecule has 2 aromatic rings. The lowest BCUT2D eigenvalue weighted by Gasteiger charge is -2.06. The molecular weight excluding hydrogens is 303 g/mol. The molecule has 0 bridgehead atoms. The van der Waals surface area contributed by atoms with Crippen molar-refractivity contribution in [2.24, 2.45) is 0 Å². The van der Waals surface area contributed by atoms with Crippen LogP contribution in [0.2, 0.25) is 0 Å². The van der Waals surface area contributed by atoms with Crippen molar-refractivity contribution < 1.29 is 23.1 Å². The Hall–Kier alpha value is -1.63. The van der Waals surface area contributed by atoms with E-state index in [0.717, 1.165) is 6.20 Å². The van der Waals surface area contributed by atoms with Crippen molar-refractivity contribution >= 4 is 32.7 Å². The molecule has 0 saturated carbocycles. The molecule has 0 saturated heterocycles. The highest BCUT2D eigenvalue weighted by atomic mass is 79.9. The maximum atomic E-state index is 13.5. The first kappa shape index (κ1) is 11.8. The van der Waals surface area contributed by atoms with Gasteiger partial charge in [0.15, 0.2) is 23.1 Å². The molecular formula is C10H3BrF3NO2. The van der Waals surface area contributed by atoms with Gasteiger partial charge in [0, 0.05) is 21.4 Å². The van der Waals surface area contributed by atoms with Crippen molar-refractivity contribution in [3.8, 4) is 0 Å². The predicted molar refractivity (Wildman–Crippen MR) is 56.3 cm³/mol. The van der Waals surface area contributed by atoms with Gasteiger partial charge < -0.3 is 5.11 Å². The highest BCUT2D eigenvalue weighted by molar-refractivity contribution is 9.10. The fourth-order valence-corrected chi connectivity index (χ4v) is 1.93. The Balaban J connectivity index is 3.03. The molecule has 0 atom stereocenters. The standard InChI is InChI=1S/C10H3BrF3NO2/c11-4-2-15-9(10(16)17)3-1-5(12)7(13)8(14)6(3)4/h1-2H,(H,16,17). The maximum absolute atomic E-state index is 13.5. The molecule has 0 spiro atoms. The molecule has 0 aliphatic rings. The Morgan fingerprint density at radius 3 is 2.53 bits per heavy atom. The number of hydrogen-bond donors (Lipinski definition) is 1. The summed E-state index contributed by atoms with van der Waals surface area (Å²) in [6.07, 6.45) is 1.02. The van der Waals surface area contributed by atoms with Crippen LogP contribution >= 0.6 is 15.9 Å². The summed E-state index contributed by atoms with van der Waals surface area (Å²) in [4.78, 5) is 14.3. The van der Waals surface area contributed by atoms with E-state index in [2.05, 4.69) is 20.9 Å². The molecule has 0 radical (unpaired) electrons. The first-order valence-electron chi connectivity index (χ1n) is 4.28. The molecule has 1 aromatic carbocycles. The third-order valence-corrected chi connectivity index (χ3v) is 2.77. The zero-order valence-corrected chi connectivity index (χ0v) is 9.56. The minimum absolute atomic E-state index is 0.0499. The number of carbonyl (C=O) groups is 1. The van der Waals surface area contributed by atoms with Gasteiger partial charge in [-0.3, -0.25) is 0 Å². The molecule has 0 amide bonds. The molecule has 3 nitrogen and oxygen atoms in total. The van der Waals surface area contributed by atoms with E-state index in [1.807, 2.05) is 0 Å². The lowest BCUT2D eigenvalue weighted by Crippen LogP contribution is -2.04. The van der Waals surface area contributed by atoms with Crippen LogP contribution in [0.15, 0.2) is 16.7 Å². The maximum Gasteiger partial charge on any atom is 0.355 e. The van der Waals surface area contributed by atoms with E-state index in [9.17, 15) is 18.0 Å². The molecule has 0 aliphatic heterocycles. The van der Waals surface area contributed by atoms with Crippen molar-refractivity contribution in [3.05, 3.63) is 39.9 Å². The number of carboxylic acids is 1. The fourth-order valence-electron chi connectivity index (χ4n) is 1.44. The van der Waals surface area contributed by atoms with Crippen LogP contribution in [0, 0.1) is 17.5 Å². The van der Waals surface area contributed by atoms with Gasteiger partial charge in [-0.25, -0.2) is 22.9 Å². The molecule has 0 fully saturated rings. The Kier molecular flexibility index (Phi) is 2.78. The minimum Gasteiger partial charge on any atom is -0.476 e. The van der Waals surface area contributed by atoms with E-state index >= 15 is 0 Å². The molecule has 0 aliphatic carbocycles. The number of aromatic nitrogens is 1. The number of hydrogen-bond acceptors (Lipinski definition) is 2. The molecule has 1 heterocycles. The number of benzene rings is 1.